The van der Waals surface area contributed by atoms with Crippen molar-refractivity contribution in [1.82, 2.24) is 5.32 Å². The van der Waals surface area contributed by atoms with E-state index in [9.17, 15) is 0 Å². The molecule has 74 valence electrons. The van der Waals surface area contributed by atoms with Crippen molar-refractivity contribution in [2.45, 2.75) is 26.2 Å². The zero-order valence-corrected chi connectivity index (χ0v) is 8.96. The van der Waals surface area contributed by atoms with E-state index in [1.807, 2.05) is 11.8 Å². The summed E-state index contributed by atoms with van der Waals surface area (Å²) in [6.07, 6.45) is 3.71. The zero-order chi connectivity index (χ0) is 9.07. The van der Waals surface area contributed by atoms with Gasteiger partial charge in [0, 0.05) is 12.3 Å². The van der Waals surface area contributed by atoms with Crippen LogP contribution in [-0.4, -0.2) is 31.1 Å². The number of hydrogen-bond acceptors (Lipinski definition) is 3. The Morgan fingerprint density at radius 2 is 2.00 bits per heavy atom. The summed E-state index contributed by atoms with van der Waals surface area (Å²) in [6, 6.07) is 0. The van der Waals surface area contributed by atoms with Crippen LogP contribution in [0.25, 0.3) is 0 Å². The monoisotopic (exact) mass is 190 g/mol. The van der Waals surface area contributed by atoms with Crippen LogP contribution in [-0.2, 0) is 0 Å². The summed E-state index contributed by atoms with van der Waals surface area (Å²) in [4.78, 5) is 0. The molecule has 0 aromatic carbocycles. The van der Waals surface area contributed by atoms with Crippen molar-refractivity contribution >= 4 is 11.8 Å². The quantitative estimate of drug-likeness (QED) is 0.541. The van der Waals surface area contributed by atoms with Crippen molar-refractivity contribution in [2.75, 3.05) is 31.1 Å². The molecule has 0 bridgehead atoms. The molecule has 0 heterocycles. The molecule has 0 saturated heterocycles. The lowest BCUT2D eigenvalue weighted by molar-refractivity contribution is 0.623. The standard InChI is InChI=1S/C9H22N2S/c1-2-12-9-8-11-7-5-3-4-6-10/h11H,2-10H2,1H3. The molecule has 0 saturated carbocycles. The van der Waals surface area contributed by atoms with Gasteiger partial charge in [0.25, 0.3) is 0 Å². The molecule has 0 fully saturated rings. The Kier molecular flexibility index (Phi) is 11.5. The first kappa shape index (κ1) is 12.3. The number of nitrogens with one attached hydrogen (secondary N) is 1. The summed E-state index contributed by atoms with van der Waals surface area (Å²) in [5.74, 6) is 2.47. The van der Waals surface area contributed by atoms with Crippen LogP contribution in [0.3, 0.4) is 0 Å². The second kappa shape index (κ2) is 11.3. The van der Waals surface area contributed by atoms with E-state index >= 15 is 0 Å². The van der Waals surface area contributed by atoms with E-state index in [0.717, 1.165) is 19.6 Å². The maximum Gasteiger partial charge on any atom is 0.00579 e. The van der Waals surface area contributed by atoms with Crippen molar-refractivity contribution in [3.8, 4) is 0 Å². The molecule has 12 heavy (non-hydrogen) atoms. The van der Waals surface area contributed by atoms with Crippen LogP contribution in [0.5, 0.6) is 0 Å². The Morgan fingerprint density at radius 1 is 1.17 bits per heavy atom. The molecule has 0 unspecified atom stereocenters. The maximum atomic E-state index is 5.39. The van der Waals surface area contributed by atoms with Crippen LogP contribution >= 0.6 is 11.8 Å². The van der Waals surface area contributed by atoms with Crippen molar-refractivity contribution < 1.29 is 0 Å². The smallest absolute Gasteiger partial charge is 0.00579 e. The average Bonchev–Trinajstić information content (AvgIpc) is 2.10. The first-order chi connectivity index (χ1) is 5.91. The Morgan fingerprint density at radius 3 is 2.67 bits per heavy atom. The molecular formula is C9H22N2S. The molecule has 0 aromatic rings. The lowest BCUT2D eigenvalue weighted by atomic mass is 10.2. The van der Waals surface area contributed by atoms with Gasteiger partial charge in [-0.1, -0.05) is 13.3 Å². The largest absolute Gasteiger partial charge is 0.330 e. The lowest BCUT2D eigenvalue weighted by Crippen LogP contribution is -2.18. The molecule has 0 atom stereocenters. The van der Waals surface area contributed by atoms with Crippen LogP contribution < -0.4 is 11.1 Å². The molecule has 0 radical (unpaired) electrons. The molecule has 0 rings (SSSR count). The molecule has 0 aromatic heterocycles. The van der Waals surface area contributed by atoms with E-state index in [0.29, 0.717) is 0 Å². The van der Waals surface area contributed by atoms with Gasteiger partial charge in [-0.05, 0) is 31.7 Å². The minimum Gasteiger partial charge on any atom is -0.330 e. The third-order valence-electron chi connectivity index (χ3n) is 1.68. The first-order valence-electron chi connectivity index (χ1n) is 4.90. The summed E-state index contributed by atoms with van der Waals surface area (Å²) in [5, 5.41) is 3.42. The van der Waals surface area contributed by atoms with Gasteiger partial charge in [0.2, 0.25) is 0 Å². The number of rotatable bonds is 9. The normalized spacial score (nSPS) is 10.5. The fourth-order valence-electron chi connectivity index (χ4n) is 0.985. The molecule has 3 heteroatoms. The van der Waals surface area contributed by atoms with Gasteiger partial charge in [-0.2, -0.15) is 11.8 Å². The highest BCUT2D eigenvalue weighted by Crippen LogP contribution is 1.95. The Labute approximate surface area is 80.7 Å². The fourth-order valence-corrected chi connectivity index (χ4v) is 1.56. The molecular weight excluding hydrogens is 168 g/mol. The fraction of sp³-hybridized carbons (Fsp3) is 1.00. The van der Waals surface area contributed by atoms with Gasteiger partial charge in [-0.15, -0.1) is 0 Å². The first-order valence-corrected chi connectivity index (χ1v) is 6.05. The van der Waals surface area contributed by atoms with E-state index in [-0.39, 0.29) is 0 Å². The van der Waals surface area contributed by atoms with Gasteiger partial charge < -0.3 is 11.1 Å². The number of hydrogen-bond donors (Lipinski definition) is 2. The van der Waals surface area contributed by atoms with Crippen molar-refractivity contribution in [3.05, 3.63) is 0 Å². The summed E-state index contributed by atoms with van der Waals surface area (Å²) >= 11 is 1.99. The predicted octanol–water partition coefficient (Wildman–Crippen LogP) is 1.46. The van der Waals surface area contributed by atoms with Crippen LogP contribution in [0.2, 0.25) is 0 Å². The topological polar surface area (TPSA) is 38.0 Å². The Hall–Kier alpha value is 0.270. The van der Waals surface area contributed by atoms with Crippen LogP contribution in [0.1, 0.15) is 26.2 Å². The van der Waals surface area contributed by atoms with Crippen molar-refractivity contribution in [1.29, 1.82) is 0 Å². The predicted molar refractivity (Wildman–Crippen MR) is 58.8 cm³/mol. The summed E-state index contributed by atoms with van der Waals surface area (Å²) in [6.45, 7) is 5.35. The molecule has 0 spiro atoms. The third kappa shape index (κ3) is 10.3. The van der Waals surface area contributed by atoms with E-state index in [4.69, 9.17) is 5.73 Å². The number of nitrogens with two attached hydrogens (primary N) is 1. The summed E-state index contributed by atoms with van der Waals surface area (Å²) in [7, 11) is 0. The van der Waals surface area contributed by atoms with Crippen molar-refractivity contribution in [3.63, 3.8) is 0 Å². The highest BCUT2D eigenvalue weighted by atomic mass is 32.2. The minimum atomic E-state index is 0.839. The molecule has 0 amide bonds. The van der Waals surface area contributed by atoms with Gasteiger partial charge in [-0.3, -0.25) is 0 Å². The van der Waals surface area contributed by atoms with Gasteiger partial charge >= 0.3 is 0 Å². The molecule has 3 N–H and O–H groups in total. The molecule has 0 aliphatic rings. The number of unbranched alkanes of at least 4 members (excludes halogenated alkanes) is 2. The summed E-state index contributed by atoms with van der Waals surface area (Å²) < 4.78 is 0. The molecule has 2 nitrogen and oxygen atoms in total. The van der Waals surface area contributed by atoms with Crippen LogP contribution in [0.15, 0.2) is 0 Å². The highest BCUT2D eigenvalue weighted by Gasteiger charge is 1.88. The van der Waals surface area contributed by atoms with Gasteiger partial charge in [-0.25, -0.2) is 0 Å². The third-order valence-corrected chi connectivity index (χ3v) is 2.59. The molecule has 0 aliphatic heterocycles. The lowest BCUT2D eigenvalue weighted by Gasteiger charge is -2.02. The van der Waals surface area contributed by atoms with Gasteiger partial charge in [0.15, 0.2) is 0 Å². The van der Waals surface area contributed by atoms with Gasteiger partial charge in [0.1, 0.15) is 0 Å². The second-order valence-corrected chi connectivity index (χ2v) is 4.19. The average molecular weight is 190 g/mol. The number of thioether (sulfide) groups is 1. The molecule has 0 aliphatic carbocycles. The second-order valence-electron chi connectivity index (χ2n) is 2.80. The van der Waals surface area contributed by atoms with Crippen molar-refractivity contribution in [2.24, 2.45) is 5.73 Å². The zero-order valence-electron chi connectivity index (χ0n) is 8.14. The maximum absolute atomic E-state index is 5.39. The van der Waals surface area contributed by atoms with E-state index in [2.05, 4.69) is 12.2 Å². The SMILES string of the molecule is CCSCCNCCCCCN. The summed E-state index contributed by atoms with van der Waals surface area (Å²) in [5.41, 5.74) is 5.39. The Balaban J connectivity index is 2.73. The van der Waals surface area contributed by atoms with E-state index in [1.54, 1.807) is 0 Å². The van der Waals surface area contributed by atoms with Gasteiger partial charge in [0.05, 0.1) is 0 Å². The highest BCUT2D eigenvalue weighted by molar-refractivity contribution is 7.99. The van der Waals surface area contributed by atoms with Crippen LogP contribution in [0, 0.1) is 0 Å². The Bertz CT molecular complexity index is 68.9. The van der Waals surface area contributed by atoms with E-state index < -0.39 is 0 Å². The van der Waals surface area contributed by atoms with E-state index in [1.165, 1.54) is 30.8 Å². The minimum absolute atomic E-state index is 0.839. The van der Waals surface area contributed by atoms with Crippen LogP contribution in [0.4, 0.5) is 0 Å².